The molecule has 2 rings (SSSR count). The second kappa shape index (κ2) is 3.71. The Morgan fingerprint density at radius 2 is 2.19 bits per heavy atom. The van der Waals surface area contributed by atoms with Gasteiger partial charge in [-0.1, -0.05) is 0 Å². The van der Waals surface area contributed by atoms with Crippen molar-refractivity contribution in [3.8, 4) is 0 Å². The van der Waals surface area contributed by atoms with Crippen LogP contribution >= 0.6 is 10.7 Å². The summed E-state index contributed by atoms with van der Waals surface area (Å²) in [6.07, 6.45) is 1.66. The molecule has 0 spiro atoms. The molecule has 0 radical (unpaired) electrons. The summed E-state index contributed by atoms with van der Waals surface area (Å²) < 4.78 is 46.1. The first-order valence-electron chi connectivity index (χ1n) is 4.48. The predicted octanol–water partition coefficient (Wildman–Crippen LogP) is 0.170. The Labute approximate surface area is 97.6 Å². The fraction of sp³-hybridized carbons (Fsp3) is 0.571. The first-order chi connectivity index (χ1) is 7.30. The Kier molecular flexibility index (Phi) is 2.75. The molecule has 16 heavy (non-hydrogen) atoms. The van der Waals surface area contributed by atoms with E-state index in [0.717, 1.165) is 0 Å². The second-order valence-corrected chi connectivity index (χ2v) is 8.35. The molecule has 1 atom stereocenters. The van der Waals surface area contributed by atoms with Gasteiger partial charge in [-0.3, -0.25) is 0 Å². The molecule has 1 aromatic rings. The lowest BCUT2D eigenvalue weighted by atomic mass is 10.3. The van der Waals surface area contributed by atoms with E-state index < -0.39 is 24.9 Å². The predicted molar refractivity (Wildman–Crippen MR) is 57.6 cm³/mol. The largest absolute Gasteiger partial charge is 0.278 e. The van der Waals surface area contributed by atoms with Crippen LogP contribution in [0.5, 0.6) is 0 Å². The third kappa shape index (κ3) is 2.23. The monoisotopic (exact) mass is 284 g/mol. The molecule has 90 valence electrons. The average Bonchev–Trinajstić information content (AvgIpc) is 2.68. The molecule has 1 unspecified atom stereocenters. The van der Waals surface area contributed by atoms with Crippen molar-refractivity contribution in [1.82, 2.24) is 9.78 Å². The van der Waals surface area contributed by atoms with Gasteiger partial charge in [0, 0.05) is 10.7 Å². The van der Waals surface area contributed by atoms with Crippen LogP contribution in [0.25, 0.3) is 0 Å². The minimum Gasteiger partial charge on any atom is -0.249 e. The zero-order chi connectivity index (χ0) is 12.0. The molecule has 1 fully saturated rings. The normalized spacial score (nSPS) is 24.7. The van der Waals surface area contributed by atoms with Crippen LogP contribution in [0, 0.1) is 0 Å². The third-order valence-electron chi connectivity index (χ3n) is 2.44. The Morgan fingerprint density at radius 3 is 2.69 bits per heavy atom. The maximum atomic E-state index is 11.3. The number of hydrogen-bond acceptors (Lipinski definition) is 5. The number of sulfone groups is 1. The average molecular weight is 285 g/mol. The number of aromatic nitrogens is 2. The van der Waals surface area contributed by atoms with Crippen LogP contribution in [0.3, 0.4) is 0 Å². The van der Waals surface area contributed by atoms with E-state index in [4.69, 9.17) is 10.7 Å². The molecular weight excluding hydrogens is 276 g/mol. The molecular formula is C7H9ClN2O4S2. The number of halogens is 1. The lowest BCUT2D eigenvalue weighted by Crippen LogP contribution is -2.16. The number of hydrogen-bond donors (Lipinski definition) is 0. The maximum absolute atomic E-state index is 11.3. The number of rotatable bonds is 2. The van der Waals surface area contributed by atoms with Gasteiger partial charge >= 0.3 is 0 Å². The Bertz CT molecular complexity index is 604. The quantitative estimate of drug-likeness (QED) is 0.723. The smallest absolute Gasteiger partial charge is 0.249 e. The van der Waals surface area contributed by atoms with Gasteiger partial charge in [0.1, 0.15) is 0 Å². The Balaban J connectivity index is 2.41. The highest BCUT2D eigenvalue weighted by molar-refractivity contribution is 8.13. The topological polar surface area (TPSA) is 86.1 Å². The van der Waals surface area contributed by atoms with E-state index in [0.29, 0.717) is 6.42 Å². The van der Waals surface area contributed by atoms with Crippen LogP contribution in [0.4, 0.5) is 0 Å². The van der Waals surface area contributed by atoms with Crippen molar-refractivity contribution in [1.29, 1.82) is 0 Å². The van der Waals surface area contributed by atoms with E-state index in [-0.39, 0.29) is 16.5 Å². The summed E-state index contributed by atoms with van der Waals surface area (Å²) in [5, 5.41) is 3.66. The summed E-state index contributed by atoms with van der Waals surface area (Å²) >= 11 is 0. The molecule has 0 saturated carbocycles. The van der Waals surface area contributed by atoms with E-state index >= 15 is 0 Å². The summed E-state index contributed by atoms with van der Waals surface area (Å²) in [5.74, 6) is -0.0343. The molecule has 0 aliphatic carbocycles. The van der Waals surface area contributed by atoms with Gasteiger partial charge in [-0.05, 0) is 12.5 Å². The van der Waals surface area contributed by atoms with Gasteiger partial charge in [0.15, 0.2) is 14.9 Å². The van der Waals surface area contributed by atoms with Crippen molar-refractivity contribution >= 4 is 29.6 Å². The zero-order valence-corrected chi connectivity index (χ0v) is 10.5. The van der Waals surface area contributed by atoms with Gasteiger partial charge in [-0.25, -0.2) is 21.5 Å². The highest BCUT2D eigenvalue weighted by Crippen LogP contribution is 2.26. The van der Waals surface area contributed by atoms with Crippen LogP contribution in [0.2, 0.25) is 0 Å². The van der Waals surface area contributed by atoms with Crippen molar-refractivity contribution < 1.29 is 16.8 Å². The molecule has 0 aromatic carbocycles. The maximum Gasteiger partial charge on any atom is 0.278 e. The SMILES string of the molecule is O=S1(=O)CCC(n2nccc2S(=O)(=O)Cl)C1. The van der Waals surface area contributed by atoms with E-state index in [1.54, 1.807) is 0 Å². The van der Waals surface area contributed by atoms with Gasteiger partial charge in [-0.2, -0.15) is 5.10 Å². The minimum atomic E-state index is -3.89. The lowest BCUT2D eigenvalue weighted by Gasteiger charge is -2.10. The third-order valence-corrected chi connectivity index (χ3v) is 5.49. The van der Waals surface area contributed by atoms with Crippen LogP contribution in [-0.4, -0.2) is 38.1 Å². The zero-order valence-electron chi connectivity index (χ0n) is 8.08. The molecule has 0 bridgehead atoms. The van der Waals surface area contributed by atoms with Gasteiger partial charge in [0.05, 0.1) is 23.7 Å². The van der Waals surface area contributed by atoms with Crippen LogP contribution in [0.15, 0.2) is 17.3 Å². The van der Waals surface area contributed by atoms with Gasteiger partial charge in [0.25, 0.3) is 9.05 Å². The molecule has 1 aliphatic heterocycles. The van der Waals surface area contributed by atoms with Crippen molar-refractivity contribution in [2.45, 2.75) is 17.5 Å². The Morgan fingerprint density at radius 1 is 1.50 bits per heavy atom. The first kappa shape index (κ1) is 11.9. The summed E-state index contributed by atoms with van der Waals surface area (Å²) in [6, 6.07) is 0.816. The van der Waals surface area contributed by atoms with Gasteiger partial charge in [-0.15, -0.1) is 0 Å². The molecule has 0 amide bonds. The van der Waals surface area contributed by atoms with Crippen molar-refractivity contribution in [3.05, 3.63) is 12.3 Å². The summed E-state index contributed by atoms with van der Waals surface area (Å²) in [4.78, 5) is 0. The lowest BCUT2D eigenvalue weighted by molar-refractivity contribution is 0.457. The van der Waals surface area contributed by atoms with E-state index in [2.05, 4.69) is 5.10 Å². The standard InChI is InChI=1S/C7H9ClN2O4S2/c8-16(13,14)7-1-3-9-10(7)6-2-4-15(11,12)5-6/h1,3,6H,2,4-5H2. The summed E-state index contributed by atoms with van der Waals surface area (Å²) in [7, 11) is -1.75. The first-order valence-corrected chi connectivity index (χ1v) is 8.61. The van der Waals surface area contributed by atoms with Crippen LogP contribution in [-0.2, 0) is 18.9 Å². The summed E-state index contributed by atoms with van der Waals surface area (Å²) in [5.41, 5.74) is 0. The molecule has 6 nitrogen and oxygen atoms in total. The molecule has 1 aliphatic rings. The second-order valence-electron chi connectivity index (χ2n) is 3.61. The van der Waals surface area contributed by atoms with E-state index in [1.165, 1.54) is 16.9 Å². The van der Waals surface area contributed by atoms with Crippen molar-refractivity contribution in [3.63, 3.8) is 0 Å². The molecule has 0 N–H and O–H groups in total. The minimum absolute atomic E-state index is 0.0549. The number of nitrogens with zero attached hydrogens (tertiary/aromatic N) is 2. The van der Waals surface area contributed by atoms with E-state index in [1.807, 2.05) is 0 Å². The molecule has 9 heteroatoms. The van der Waals surface area contributed by atoms with Crippen LogP contribution in [0.1, 0.15) is 12.5 Å². The van der Waals surface area contributed by atoms with Crippen molar-refractivity contribution in [2.75, 3.05) is 11.5 Å². The molecule has 2 heterocycles. The van der Waals surface area contributed by atoms with Gasteiger partial charge in [0.2, 0.25) is 0 Å². The highest BCUT2D eigenvalue weighted by Gasteiger charge is 2.32. The highest BCUT2D eigenvalue weighted by atomic mass is 35.7. The molecule has 1 aromatic heterocycles. The Hall–Kier alpha value is -0.600. The fourth-order valence-corrected chi connectivity index (χ4v) is 4.44. The molecule has 1 saturated heterocycles. The fourth-order valence-electron chi connectivity index (χ4n) is 1.74. The van der Waals surface area contributed by atoms with E-state index in [9.17, 15) is 16.8 Å². The summed E-state index contributed by atoms with van der Waals surface area (Å²) in [6.45, 7) is 0. The van der Waals surface area contributed by atoms with Crippen LogP contribution < -0.4 is 0 Å². The van der Waals surface area contributed by atoms with Crippen molar-refractivity contribution in [2.24, 2.45) is 0 Å². The van der Waals surface area contributed by atoms with Gasteiger partial charge < -0.3 is 0 Å².